The van der Waals surface area contributed by atoms with Crippen LogP contribution in [-0.4, -0.2) is 25.5 Å². The zero-order valence-corrected chi connectivity index (χ0v) is 15.6. The lowest BCUT2D eigenvalue weighted by Gasteiger charge is -2.02. The molecule has 0 aromatic carbocycles. The summed E-state index contributed by atoms with van der Waals surface area (Å²) in [6, 6.07) is 4.37. The zero-order valence-electron chi connectivity index (χ0n) is 14.7. The van der Waals surface area contributed by atoms with Crippen LogP contribution in [0.5, 0.6) is 0 Å². The number of carbonyl (C=O) groups excluding carboxylic acids is 1. The second-order valence-corrected chi connectivity index (χ2v) is 6.97. The molecule has 0 radical (unpaired) electrons. The molecule has 6 nitrogen and oxygen atoms in total. The minimum Gasteiger partial charge on any atom is -0.304 e. The van der Waals surface area contributed by atoms with Crippen molar-refractivity contribution in [1.82, 2.24) is 19.6 Å². The SMILES string of the molecule is CCCn1nc(NC(=O)c2cc(Cn3ccc(C(F)(F)F)n3)cs2)cc1C. The van der Waals surface area contributed by atoms with Gasteiger partial charge in [-0.15, -0.1) is 11.3 Å². The molecule has 0 atom stereocenters. The number of aryl methyl sites for hydroxylation is 2. The van der Waals surface area contributed by atoms with Gasteiger partial charge in [-0.25, -0.2) is 0 Å². The van der Waals surface area contributed by atoms with Crippen LogP contribution >= 0.6 is 11.3 Å². The smallest absolute Gasteiger partial charge is 0.304 e. The van der Waals surface area contributed by atoms with Crippen molar-refractivity contribution < 1.29 is 18.0 Å². The Balaban J connectivity index is 1.65. The van der Waals surface area contributed by atoms with Crippen LogP contribution in [0.15, 0.2) is 29.8 Å². The fourth-order valence-corrected chi connectivity index (χ4v) is 3.35. The Labute approximate surface area is 157 Å². The Morgan fingerprint density at radius 1 is 1.30 bits per heavy atom. The van der Waals surface area contributed by atoms with Gasteiger partial charge in [0.15, 0.2) is 11.5 Å². The van der Waals surface area contributed by atoms with Crippen LogP contribution in [0.4, 0.5) is 19.0 Å². The lowest BCUT2D eigenvalue weighted by atomic mass is 10.3. The second-order valence-electron chi connectivity index (χ2n) is 6.06. The molecule has 0 aliphatic carbocycles. The van der Waals surface area contributed by atoms with E-state index in [0.29, 0.717) is 16.3 Å². The van der Waals surface area contributed by atoms with Crippen LogP contribution in [-0.2, 0) is 19.3 Å². The number of alkyl halides is 3. The molecule has 3 rings (SSSR count). The van der Waals surface area contributed by atoms with Crippen molar-refractivity contribution in [1.29, 1.82) is 0 Å². The van der Waals surface area contributed by atoms with Crippen LogP contribution in [0, 0.1) is 6.92 Å². The van der Waals surface area contributed by atoms with E-state index in [4.69, 9.17) is 0 Å². The molecule has 0 spiro atoms. The molecule has 0 saturated heterocycles. The molecule has 27 heavy (non-hydrogen) atoms. The minimum atomic E-state index is -4.47. The summed E-state index contributed by atoms with van der Waals surface area (Å²) in [4.78, 5) is 12.8. The maximum absolute atomic E-state index is 12.6. The van der Waals surface area contributed by atoms with Gasteiger partial charge in [0.05, 0.1) is 11.4 Å². The molecule has 0 unspecified atom stereocenters. The van der Waals surface area contributed by atoms with Gasteiger partial charge in [0.25, 0.3) is 5.91 Å². The molecule has 0 fully saturated rings. The van der Waals surface area contributed by atoms with Crippen LogP contribution in [0.3, 0.4) is 0 Å². The lowest BCUT2D eigenvalue weighted by Crippen LogP contribution is -2.11. The van der Waals surface area contributed by atoms with E-state index < -0.39 is 11.9 Å². The van der Waals surface area contributed by atoms with Gasteiger partial charge in [0.2, 0.25) is 0 Å². The highest BCUT2D eigenvalue weighted by Crippen LogP contribution is 2.27. The summed E-state index contributed by atoms with van der Waals surface area (Å²) in [6.45, 7) is 4.89. The maximum atomic E-state index is 12.6. The Morgan fingerprint density at radius 3 is 2.74 bits per heavy atom. The van der Waals surface area contributed by atoms with Gasteiger partial charge in [0.1, 0.15) is 0 Å². The van der Waals surface area contributed by atoms with Crippen LogP contribution < -0.4 is 5.32 Å². The van der Waals surface area contributed by atoms with Crippen molar-refractivity contribution in [3.63, 3.8) is 0 Å². The highest BCUT2D eigenvalue weighted by Gasteiger charge is 2.33. The number of amides is 1. The molecular formula is C17H18F3N5OS. The predicted octanol–water partition coefficient (Wildman–Crippen LogP) is 4.18. The van der Waals surface area contributed by atoms with Gasteiger partial charge in [0, 0.05) is 24.5 Å². The quantitative estimate of drug-likeness (QED) is 0.679. The van der Waals surface area contributed by atoms with Gasteiger partial charge in [-0.05, 0) is 36.4 Å². The third-order valence-electron chi connectivity index (χ3n) is 3.81. The van der Waals surface area contributed by atoms with E-state index in [1.807, 2.05) is 18.5 Å². The van der Waals surface area contributed by atoms with Crippen molar-refractivity contribution in [3.8, 4) is 0 Å². The Hall–Kier alpha value is -2.62. The summed E-state index contributed by atoms with van der Waals surface area (Å²) in [5, 5.41) is 12.3. The van der Waals surface area contributed by atoms with Gasteiger partial charge in [-0.3, -0.25) is 14.2 Å². The van der Waals surface area contributed by atoms with Crippen molar-refractivity contribution in [3.05, 3.63) is 51.6 Å². The molecule has 144 valence electrons. The number of thiophene rings is 1. The lowest BCUT2D eigenvalue weighted by molar-refractivity contribution is -0.141. The first-order valence-electron chi connectivity index (χ1n) is 8.30. The first-order valence-corrected chi connectivity index (χ1v) is 9.18. The van der Waals surface area contributed by atoms with E-state index in [0.717, 1.165) is 24.7 Å². The molecule has 3 aromatic rings. The average molecular weight is 397 g/mol. The molecule has 3 heterocycles. The Morgan fingerprint density at radius 2 is 2.07 bits per heavy atom. The third-order valence-corrected chi connectivity index (χ3v) is 4.79. The number of anilines is 1. The Kier molecular flexibility index (Phi) is 5.36. The largest absolute Gasteiger partial charge is 0.435 e. The molecule has 0 saturated carbocycles. The van der Waals surface area contributed by atoms with E-state index in [2.05, 4.69) is 15.5 Å². The first-order chi connectivity index (χ1) is 12.8. The molecule has 1 N–H and O–H groups in total. The van der Waals surface area contributed by atoms with Gasteiger partial charge < -0.3 is 5.32 Å². The van der Waals surface area contributed by atoms with E-state index >= 15 is 0 Å². The van der Waals surface area contributed by atoms with Crippen molar-refractivity contribution in [2.45, 2.75) is 39.5 Å². The van der Waals surface area contributed by atoms with Crippen LogP contribution in [0.25, 0.3) is 0 Å². The average Bonchev–Trinajstić information content (AvgIpc) is 3.29. The number of carbonyl (C=O) groups is 1. The number of hydrogen-bond donors (Lipinski definition) is 1. The molecule has 0 aliphatic rings. The van der Waals surface area contributed by atoms with Gasteiger partial charge in [-0.2, -0.15) is 23.4 Å². The molecular weight excluding hydrogens is 379 g/mol. The van der Waals surface area contributed by atoms with E-state index in [1.54, 1.807) is 17.5 Å². The topological polar surface area (TPSA) is 64.7 Å². The number of nitrogens with one attached hydrogen (secondary N) is 1. The molecule has 10 heteroatoms. The summed E-state index contributed by atoms with van der Waals surface area (Å²) in [7, 11) is 0. The van der Waals surface area contributed by atoms with Crippen LogP contribution in [0.1, 0.15) is 40.0 Å². The molecule has 3 aromatic heterocycles. The minimum absolute atomic E-state index is 0.157. The van der Waals surface area contributed by atoms with Crippen molar-refractivity contribution >= 4 is 23.1 Å². The molecule has 0 aliphatic heterocycles. The third kappa shape index (κ3) is 4.57. The van der Waals surface area contributed by atoms with Crippen LogP contribution in [0.2, 0.25) is 0 Å². The number of nitrogens with zero attached hydrogens (tertiary/aromatic N) is 4. The zero-order chi connectivity index (χ0) is 19.6. The van der Waals surface area contributed by atoms with Crippen molar-refractivity contribution in [2.24, 2.45) is 0 Å². The second kappa shape index (κ2) is 7.55. The number of aromatic nitrogens is 4. The van der Waals surface area contributed by atoms with Gasteiger partial charge >= 0.3 is 6.18 Å². The highest BCUT2D eigenvalue weighted by molar-refractivity contribution is 7.12. The van der Waals surface area contributed by atoms with Gasteiger partial charge in [-0.1, -0.05) is 6.92 Å². The normalized spacial score (nSPS) is 11.7. The summed E-state index contributed by atoms with van der Waals surface area (Å²) in [6.07, 6.45) is -2.26. The Bertz CT molecular complexity index is 941. The molecule has 1 amide bonds. The van der Waals surface area contributed by atoms with E-state index in [1.165, 1.54) is 22.2 Å². The number of rotatable bonds is 6. The summed E-state index contributed by atoms with van der Waals surface area (Å²) in [5.74, 6) is 0.173. The standard InChI is InChI=1S/C17H18F3N5OS/c1-3-5-25-11(2)7-15(23-25)21-16(26)13-8-12(10-27-13)9-24-6-4-14(22-24)17(18,19)20/h4,6-8,10H,3,5,9H2,1-2H3,(H,21,23,26). The number of halogens is 3. The van der Waals surface area contributed by atoms with Crippen molar-refractivity contribution in [2.75, 3.05) is 5.32 Å². The monoisotopic (exact) mass is 397 g/mol. The summed E-state index contributed by atoms with van der Waals surface area (Å²) < 4.78 is 40.8. The van der Waals surface area contributed by atoms with E-state index in [9.17, 15) is 18.0 Å². The van der Waals surface area contributed by atoms with E-state index in [-0.39, 0.29) is 12.5 Å². The first kappa shape index (κ1) is 19.2. The highest BCUT2D eigenvalue weighted by atomic mass is 32.1. The predicted molar refractivity (Wildman–Crippen MR) is 95.9 cm³/mol. The summed E-state index contributed by atoms with van der Waals surface area (Å²) >= 11 is 1.22. The fraction of sp³-hybridized carbons (Fsp3) is 0.353. The summed E-state index contributed by atoms with van der Waals surface area (Å²) in [5.41, 5.74) is 0.724. The molecule has 0 bridgehead atoms. The fourth-order valence-electron chi connectivity index (χ4n) is 2.55. The maximum Gasteiger partial charge on any atom is 0.435 e. The number of hydrogen-bond acceptors (Lipinski definition) is 4.